The fourth-order valence-electron chi connectivity index (χ4n) is 2.73. The van der Waals surface area contributed by atoms with Crippen molar-refractivity contribution in [3.63, 3.8) is 0 Å². The number of rotatable bonds is 6. The number of anilines is 1. The molecular formula is C19H21N2O4+. The van der Waals surface area contributed by atoms with Gasteiger partial charge in [-0.15, -0.1) is 0 Å². The molecule has 1 unspecified atom stereocenters. The molecule has 2 N–H and O–H groups in total. The molecule has 2 aromatic carbocycles. The fourth-order valence-corrected chi connectivity index (χ4v) is 2.73. The molecule has 1 amide bonds. The first-order valence-corrected chi connectivity index (χ1v) is 8.12. The Kier molecular flexibility index (Phi) is 5.00. The lowest BCUT2D eigenvalue weighted by molar-refractivity contribution is -0.885. The molecule has 0 bridgehead atoms. The third-order valence-electron chi connectivity index (χ3n) is 3.98. The van der Waals surface area contributed by atoms with Crippen molar-refractivity contribution in [3.05, 3.63) is 53.6 Å². The topological polar surface area (TPSA) is 69.1 Å². The van der Waals surface area contributed by atoms with Crippen LogP contribution in [-0.4, -0.2) is 32.1 Å². The minimum Gasteiger partial charge on any atom is -0.454 e. The van der Waals surface area contributed by atoms with Crippen molar-refractivity contribution in [2.45, 2.75) is 13.5 Å². The van der Waals surface area contributed by atoms with E-state index < -0.39 is 0 Å². The Morgan fingerprint density at radius 3 is 2.52 bits per heavy atom. The predicted molar refractivity (Wildman–Crippen MR) is 93.1 cm³/mol. The van der Waals surface area contributed by atoms with E-state index in [4.69, 9.17) is 9.47 Å². The molecule has 2 aromatic rings. The molecule has 0 saturated carbocycles. The zero-order valence-corrected chi connectivity index (χ0v) is 14.3. The maximum atomic E-state index is 12.2. The second-order valence-electron chi connectivity index (χ2n) is 6.18. The summed E-state index contributed by atoms with van der Waals surface area (Å²) in [7, 11) is 1.96. The molecule has 0 spiro atoms. The molecule has 6 nitrogen and oxygen atoms in total. The van der Waals surface area contributed by atoms with Crippen LogP contribution in [0.25, 0.3) is 0 Å². The number of ether oxygens (including phenoxy) is 2. The number of fused-ring (bicyclic) bond motifs is 1. The van der Waals surface area contributed by atoms with Crippen LogP contribution >= 0.6 is 0 Å². The van der Waals surface area contributed by atoms with Gasteiger partial charge in [-0.2, -0.15) is 0 Å². The third-order valence-corrected chi connectivity index (χ3v) is 3.98. The van der Waals surface area contributed by atoms with Gasteiger partial charge in [0.25, 0.3) is 5.91 Å². The van der Waals surface area contributed by atoms with Crippen LogP contribution in [-0.2, 0) is 11.3 Å². The molecule has 0 fully saturated rings. The minimum absolute atomic E-state index is 0.00535. The average Bonchev–Trinajstić information content (AvgIpc) is 3.02. The van der Waals surface area contributed by atoms with Crippen LogP contribution in [0.15, 0.2) is 42.5 Å². The van der Waals surface area contributed by atoms with Crippen LogP contribution in [0.4, 0.5) is 5.69 Å². The molecule has 25 heavy (non-hydrogen) atoms. The number of quaternary nitrogens is 1. The number of amides is 1. The van der Waals surface area contributed by atoms with Crippen LogP contribution in [0.3, 0.4) is 0 Å². The zero-order chi connectivity index (χ0) is 17.8. The number of ketones is 1. The summed E-state index contributed by atoms with van der Waals surface area (Å²) in [5, 5.41) is 2.85. The Balaban J connectivity index is 1.52. The van der Waals surface area contributed by atoms with E-state index in [1.54, 1.807) is 24.3 Å². The molecule has 130 valence electrons. The Labute approximate surface area is 146 Å². The van der Waals surface area contributed by atoms with E-state index >= 15 is 0 Å². The first kappa shape index (κ1) is 17.0. The molecule has 1 heterocycles. The standard InChI is InChI=1S/C19H20N2O4/c1-13(22)15-4-6-16(7-5-15)20-19(23)11-21(2)10-14-3-8-17-18(9-14)25-12-24-17/h3-9H,10-12H2,1-2H3,(H,20,23)/p+1. The third kappa shape index (κ3) is 4.36. The summed E-state index contributed by atoms with van der Waals surface area (Å²) in [6, 6.07) is 12.7. The summed E-state index contributed by atoms with van der Waals surface area (Å²) >= 11 is 0. The van der Waals surface area contributed by atoms with E-state index in [1.165, 1.54) is 6.92 Å². The molecule has 1 aliphatic rings. The molecule has 1 atom stereocenters. The Hall–Kier alpha value is -2.86. The van der Waals surface area contributed by atoms with Crippen molar-refractivity contribution in [3.8, 4) is 11.5 Å². The first-order chi connectivity index (χ1) is 12.0. The molecule has 0 aromatic heterocycles. The highest BCUT2D eigenvalue weighted by atomic mass is 16.7. The number of carbonyl (C=O) groups excluding carboxylic acids is 2. The first-order valence-electron chi connectivity index (χ1n) is 8.12. The quantitative estimate of drug-likeness (QED) is 0.777. The summed E-state index contributed by atoms with van der Waals surface area (Å²) in [5.74, 6) is 1.44. The van der Waals surface area contributed by atoms with Crippen molar-refractivity contribution in [2.75, 3.05) is 25.7 Å². The minimum atomic E-state index is -0.0752. The van der Waals surface area contributed by atoms with Gasteiger partial charge in [-0.05, 0) is 49.4 Å². The van der Waals surface area contributed by atoms with Crippen molar-refractivity contribution < 1.29 is 24.0 Å². The smallest absolute Gasteiger partial charge is 0.279 e. The van der Waals surface area contributed by atoms with Crippen LogP contribution in [0, 0.1) is 0 Å². The largest absolute Gasteiger partial charge is 0.454 e. The van der Waals surface area contributed by atoms with Crippen LogP contribution in [0.2, 0.25) is 0 Å². The highest BCUT2D eigenvalue weighted by molar-refractivity contribution is 5.95. The highest BCUT2D eigenvalue weighted by Crippen LogP contribution is 2.32. The van der Waals surface area contributed by atoms with E-state index in [2.05, 4.69) is 5.32 Å². The molecule has 1 aliphatic heterocycles. The zero-order valence-electron chi connectivity index (χ0n) is 14.3. The summed E-state index contributed by atoms with van der Waals surface area (Å²) in [4.78, 5) is 24.5. The molecule has 0 radical (unpaired) electrons. The average molecular weight is 341 g/mol. The van der Waals surface area contributed by atoms with Crippen molar-refractivity contribution in [1.82, 2.24) is 0 Å². The van der Waals surface area contributed by atoms with Crippen LogP contribution in [0.5, 0.6) is 11.5 Å². The number of hydrogen-bond acceptors (Lipinski definition) is 4. The lowest BCUT2D eigenvalue weighted by Gasteiger charge is -2.14. The van der Waals surface area contributed by atoms with Gasteiger partial charge in [0.05, 0.1) is 7.05 Å². The number of carbonyl (C=O) groups is 2. The van der Waals surface area contributed by atoms with Gasteiger partial charge in [-0.25, -0.2) is 0 Å². The number of likely N-dealkylation sites (N-methyl/N-ethyl adjacent to an activating group) is 1. The monoisotopic (exact) mass is 341 g/mol. The van der Waals surface area contributed by atoms with Gasteiger partial charge < -0.3 is 19.7 Å². The van der Waals surface area contributed by atoms with Gasteiger partial charge in [0, 0.05) is 16.8 Å². The molecule has 0 aliphatic carbocycles. The molecule has 3 rings (SSSR count). The van der Waals surface area contributed by atoms with Crippen LogP contribution in [0.1, 0.15) is 22.8 Å². The normalized spacial score (nSPS) is 13.4. The second-order valence-corrected chi connectivity index (χ2v) is 6.18. The van der Waals surface area contributed by atoms with Gasteiger partial charge in [0.15, 0.2) is 23.8 Å². The van der Waals surface area contributed by atoms with Gasteiger partial charge in [0.1, 0.15) is 6.54 Å². The van der Waals surface area contributed by atoms with Crippen molar-refractivity contribution in [1.29, 1.82) is 0 Å². The van der Waals surface area contributed by atoms with Gasteiger partial charge >= 0.3 is 0 Å². The summed E-state index contributed by atoms with van der Waals surface area (Å²) in [5.41, 5.74) is 2.40. The van der Waals surface area contributed by atoms with Gasteiger partial charge in [-0.3, -0.25) is 9.59 Å². The van der Waals surface area contributed by atoms with Gasteiger partial charge in [-0.1, -0.05) is 0 Å². The van der Waals surface area contributed by atoms with E-state index in [0.717, 1.165) is 22.0 Å². The lowest BCUT2D eigenvalue weighted by Crippen LogP contribution is -3.08. The highest BCUT2D eigenvalue weighted by Gasteiger charge is 2.16. The Morgan fingerprint density at radius 1 is 1.08 bits per heavy atom. The van der Waals surface area contributed by atoms with Crippen molar-refractivity contribution in [2.24, 2.45) is 0 Å². The number of Topliss-reactive ketones (excluding diaryl/α,β-unsaturated/α-hetero) is 1. The van der Waals surface area contributed by atoms with Gasteiger partial charge in [0.2, 0.25) is 6.79 Å². The van der Waals surface area contributed by atoms with E-state index in [-0.39, 0.29) is 18.5 Å². The summed E-state index contributed by atoms with van der Waals surface area (Å²) < 4.78 is 10.7. The molecule has 6 heteroatoms. The van der Waals surface area contributed by atoms with E-state index in [0.29, 0.717) is 24.3 Å². The maximum absolute atomic E-state index is 12.2. The number of nitrogens with one attached hydrogen (secondary N) is 2. The fraction of sp³-hybridized carbons (Fsp3) is 0.263. The summed E-state index contributed by atoms with van der Waals surface area (Å²) in [6.45, 7) is 2.81. The summed E-state index contributed by atoms with van der Waals surface area (Å²) in [6.07, 6.45) is 0. The molecule has 0 saturated heterocycles. The van der Waals surface area contributed by atoms with Crippen LogP contribution < -0.4 is 19.7 Å². The number of hydrogen-bond donors (Lipinski definition) is 2. The molecular weight excluding hydrogens is 320 g/mol. The Bertz CT molecular complexity index is 787. The van der Waals surface area contributed by atoms with E-state index in [1.807, 2.05) is 25.2 Å². The van der Waals surface area contributed by atoms with Crippen molar-refractivity contribution >= 4 is 17.4 Å². The lowest BCUT2D eigenvalue weighted by atomic mass is 10.1. The second kappa shape index (κ2) is 7.36. The van der Waals surface area contributed by atoms with E-state index in [9.17, 15) is 9.59 Å². The SMILES string of the molecule is CC(=O)c1ccc(NC(=O)C[NH+](C)Cc2ccc3c(c2)OCO3)cc1. The Morgan fingerprint density at radius 2 is 1.80 bits per heavy atom. The number of benzene rings is 2. The predicted octanol–water partition coefficient (Wildman–Crippen LogP) is 1.27. The maximum Gasteiger partial charge on any atom is 0.279 e.